The van der Waals surface area contributed by atoms with Crippen LogP contribution in [0.3, 0.4) is 0 Å². The van der Waals surface area contributed by atoms with Crippen LogP contribution in [0.25, 0.3) is 11.3 Å². The summed E-state index contributed by atoms with van der Waals surface area (Å²) in [6, 6.07) is 3.62. The molecular weight excluding hydrogens is 194 g/mol. The lowest BCUT2D eigenvalue weighted by molar-refractivity contribution is 0.270. The van der Waals surface area contributed by atoms with Crippen LogP contribution in [0.1, 0.15) is 5.76 Å². The van der Waals surface area contributed by atoms with Crippen molar-refractivity contribution in [3.63, 3.8) is 0 Å². The summed E-state index contributed by atoms with van der Waals surface area (Å²) in [4.78, 5) is 0. The lowest BCUT2D eigenvalue weighted by Crippen LogP contribution is -2.07. The Morgan fingerprint density at radius 1 is 1.60 bits per heavy atom. The molecule has 0 fully saturated rings. The summed E-state index contributed by atoms with van der Waals surface area (Å²) in [6.07, 6.45) is 1.62. The maximum atomic E-state index is 8.80. The molecule has 2 aromatic rings. The number of aliphatic hydroxyl groups excluding tert-OH is 1. The highest BCUT2D eigenvalue weighted by Gasteiger charge is 2.10. The minimum absolute atomic E-state index is 0.0235. The SMILES string of the molecule is Cc1occc1-c1cc(N)n(CCO)n1. The van der Waals surface area contributed by atoms with E-state index < -0.39 is 0 Å². The molecule has 3 N–H and O–H groups in total. The van der Waals surface area contributed by atoms with Gasteiger partial charge in [0.15, 0.2) is 0 Å². The summed E-state index contributed by atoms with van der Waals surface area (Å²) in [7, 11) is 0. The van der Waals surface area contributed by atoms with E-state index in [9.17, 15) is 0 Å². The predicted molar refractivity (Wildman–Crippen MR) is 56.2 cm³/mol. The third-order valence-corrected chi connectivity index (χ3v) is 2.26. The van der Waals surface area contributed by atoms with Crippen molar-refractivity contribution < 1.29 is 9.52 Å². The maximum absolute atomic E-state index is 8.80. The molecule has 0 bridgehead atoms. The van der Waals surface area contributed by atoms with Crippen molar-refractivity contribution in [1.82, 2.24) is 9.78 Å². The molecule has 0 unspecified atom stereocenters. The number of nitrogen functional groups attached to an aromatic ring is 1. The van der Waals surface area contributed by atoms with Gasteiger partial charge in [0.1, 0.15) is 11.6 Å². The number of aryl methyl sites for hydroxylation is 1. The molecule has 0 atom stereocenters. The van der Waals surface area contributed by atoms with Crippen LogP contribution < -0.4 is 5.73 Å². The molecule has 5 nitrogen and oxygen atoms in total. The van der Waals surface area contributed by atoms with Crippen LogP contribution in [0.15, 0.2) is 22.8 Å². The fraction of sp³-hybridized carbons (Fsp3) is 0.300. The van der Waals surface area contributed by atoms with Gasteiger partial charge in [-0.2, -0.15) is 5.10 Å². The van der Waals surface area contributed by atoms with Gasteiger partial charge in [-0.15, -0.1) is 0 Å². The Hall–Kier alpha value is -1.75. The van der Waals surface area contributed by atoms with Crippen LogP contribution in [0.5, 0.6) is 0 Å². The second-order valence-corrected chi connectivity index (χ2v) is 3.29. The zero-order valence-corrected chi connectivity index (χ0v) is 8.47. The smallest absolute Gasteiger partial charge is 0.122 e. The Balaban J connectivity index is 2.38. The molecule has 2 rings (SSSR count). The molecule has 0 aliphatic heterocycles. The van der Waals surface area contributed by atoms with Gasteiger partial charge in [-0.3, -0.25) is 0 Å². The molecule has 0 saturated heterocycles. The van der Waals surface area contributed by atoms with Crippen LogP contribution in [-0.2, 0) is 6.54 Å². The van der Waals surface area contributed by atoms with E-state index >= 15 is 0 Å². The van der Waals surface area contributed by atoms with E-state index in [1.165, 1.54) is 0 Å². The monoisotopic (exact) mass is 207 g/mol. The van der Waals surface area contributed by atoms with Crippen molar-refractivity contribution in [2.45, 2.75) is 13.5 Å². The Kier molecular flexibility index (Phi) is 2.47. The summed E-state index contributed by atoms with van der Waals surface area (Å²) in [5.41, 5.74) is 7.44. The van der Waals surface area contributed by atoms with Crippen molar-refractivity contribution in [3.05, 3.63) is 24.2 Å². The van der Waals surface area contributed by atoms with E-state index in [4.69, 9.17) is 15.3 Å². The fourth-order valence-corrected chi connectivity index (χ4v) is 1.49. The van der Waals surface area contributed by atoms with Gasteiger partial charge >= 0.3 is 0 Å². The third kappa shape index (κ3) is 1.73. The largest absolute Gasteiger partial charge is 0.469 e. The topological polar surface area (TPSA) is 77.2 Å². The first-order valence-electron chi connectivity index (χ1n) is 4.71. The Bertz CT molecular complexity index is 459. The molecule has 2 aromatic heterocycles. The van der Waals surface area contributed by atoms with E-state index in [0.717, 1.165) is 17.0 Å². The summed E-state index contributed by atoms with van der Waals surface area (Å²) in [5.74, 6) is 1.35. The molecule has 15 heavy (non-hydrogen) atoms. The van der Waals surface area contributed by atoms with Crippen molar-refractivity contribution in [1.29, 1.82) is 0 Å². The Morgan fingerprint density at radius 2 is 2.40 bits per heavy atom. The fourth-order valence-electron chi connectivity index (χ4n) is 1.49. The molecule has 0 radical (unpaired) electrons. The third-order valence-electron chi connectivity index (χ3n) is 2.26. The number of nitrogens with zero attached hydrogens (tertiary/aromatic N) is 2. The second-order valence-electron chi connectivity index (χ2n) is 3.29. The second kappa shape index (κ2) is 3.78. The normalized spacial score (nSPS) is 10.8. The van der Waals surface area contributed by atoms with Crippen LogP contribution in [0.2, 0.25) is 0 Å². The van der Waals surface area contributed by atoms with E-state index in [-0.39, 0.29) is 6.61 Å². The van der Waals surface area contributed by atoms with Gasteiger partial charge in [0.2, 0.25) is 0 Å². The van der Waals surface area contributed by atoms with Gasteiger partial charge < -0.3 is 15.3 Å². The summed E-state index contributed by atoms with van der Waals surface area (Å²) < 4.78 is 6.76. The molecule has 5 heteroatoms. The van der Waals surface area contributed by atoms with Crippen LogP contribution in [0, 0.1) is 6.92 Å². The van der Waals surface area contributed by atoms with Crippen LogP contribution in [0.4, 0.5) is 5.82 Å². The first-order valence-corrected chi connectivity index (χ1v) is 4.71. The van der Waals surface area contributed by atoms with E-state index in [0.29, 0.717) is 12.4 Å². The maximum Gasteiger partial charge on any atom is 0.122 e. The van der Waals surface area contributed by atoms with Gasteiger partial charge in [-0.25, -0.2) is 4.68 Å². The molecule has 0 amide bonds. The van der Waals surface area contributed by atoms with Gasteiger partial charge in [-0.05, 0) is 13.0 Å². The quantitative estimate of drug-likeness (QED) is 0.787. The summed E-state index contributed by atoms with van der Waals surface area (Å²) in [5, 5.41) is 13.1. The minimum atomic E-state index is 0.0235. The average molecular weight is 207 g/mol. The lowest BCUT2D eigenvalue weighted by atomic mass is 10.2. The molecule has 0 aliphatic carbocycles. The van der Waals surface area contributed by atoms with Crippen LogP contribution >= 0.6 is 0 Å². The van der Waals surface area contributed by atoms with Gasteiger partial charge in [0, 0.05) is 11.6 Å². The molecule has 0 saturated carbocycles. The van der Waals surface area contributed by atoms with E-state index in [1.54, 1.807) is 17.0 Å². The number of nitrogens with two attached hydrogens (primary N) is 1. The molecule has 0 aliphatic rings. The van der Waals surface area contributed by atoms with Crippen LogP contribution in [-0.4, -0.2) is 21.5 Å². The highest BCUT2D eigenvalue weighted by molar-refractivity contribution is 5.63. The lowest BCUT2D eigenvalue weighted by Gasteiger charge is -1.98. The highest BCUT2D eigenvalue weighted by atomic mass is 16.3. The van der Waals surface area contributed by atoms with Crippen molar-refractivity contribution in [2.24, 2.45) is 0 Å². The molecule has 0 aromatic carbocycles. The standard InChI is InChI=1S/C10H13N3O2/c1-7-8(2-5-15-7)9-6-10(11)13(12-9)3-4-14/h2,5-6,14H,3-4,11H2,1H3. The summed E-state index contributed by atoms with van der Waals surface area (Å²) >= 11 is 0. The summed E-state index contributed by atoms with van der Waals surface area (Å²) in [6.45, 7) is 2.30. The van der Waals surface area contributed by atoms with E-state index in [1.807, 2.05) is 13.0 Å². The number of hydrogen-bond acceptors (Lipinski definition) is 4. The number of anilines is 1. The zero-order valence-electron chi connectivity index (χ0n) is 8.47. The molecule has 80 valence electrons. The number of aromatic nitrogens is 2. The molecular formula is C10H13N3O2. The Labute approximate surface area is 87.1 Å². The van der Waals surface area contributed by atoms with Gasteiger partial charge in [0.25, 0.3) is 0 Å². The Morgan fingerprint density at radius 3 is 3.00 bits per heavy atom. The van der Waals surface area contributed by atoms with Crippen molar-refractivity contribution in [3.8, 4) is 11.3 Å². The van der Waals surface area contributed by atoms with Gasteiger partial charge in [0.05, 0.1) is 25.1 Å². The number of hydrogen-bond donors (Lipinski definition) is 2. The first kappa shape index (κ1) is 9.79. The number of rotatable bonds is 3. The zero-order chi connectivity index (χ0) is 10.8. The number of furan rings is 1. The number of aliphatic hydroxyl groups is 1. The van der Waals surface area contributed by atoms with Crippen molar-refractivity contribution >= 4 is 5.82 Å². The van der Waals surface area contributed by atoms with E-state index in [2.05, 4.69) is 5.10 Å². The molecule has 0 spiro atoms. The highest BCUT2D eigenvalue weighted by Crippen LogP contribution is 2.24. The van der Waals surface area contributed by atoms with Gasteiger partial charge in [-0.1, -0.05) is 0 Å². The average Bonchev–Trinajstić information content (AvgIpc) is 2.75. The molecule has 2 heterocycles. The predicted octanol–water partition coefficient (Wildman–Crippen LogP) is 1.03. The minimum Gasteiger partial charge on any atom is -0.469 e. The first-order chi connectivity index (χ1) is 7.22. The van der Waals surface area contributed by atoms with Crippen molar-refractivity contribution in [2.75, 3.05) is 12.3 Å².